The number of hydrogen-bond acceptors (Lipinski definition) is 6. The molecular weight excluding hydrogens is 641 g/mol. The third kappa shape index (κ3) is 6.81. The Labute approximate surface area is 307 Å². The van der Waals surface area contributed by atoms with Crippen LogP contribution in [-0.4, -0.2) is 58.3 Å². The molecule has 6 nitrogen and oxygen atoms in total. The Bertz CT molecular complexity index is 2020. The number of rotatable bonds is 12. The SMILES string of the molecule is C=CCN1CCCC[C@H]1[C@H](Oc1nnc(O[C@H](c2cccc3ccccc23)[C@@H]2CCCCN2CC=C)c2ccccc12)c1cccc2ccccc12. The van der Waals surface area contributed by atoms with Crippen molar-refractivity contribution in [1.29, 1.82) is 0 Å². The predicted molar refractivity (Wildman–Crippen MR) is 213 cm³/mol. The van der Waals surface area contributed by atoms with Gasteiger partial charge in [0.05, 0.1) is 22.9 Å². The van der Waals surface area contributed by atoms with Crippen molar-refractivity contribution in [1.82, 2.24) is 20.0 Å². The second-order valence-electron chi connectivity index (χ2n) is 14.3. The summed E-state index contributed by atoms with van der Waals surface area (Å²) in [5.74, 6) is 1.05. The number of likely N-dealkylation sites (tertiary alicyclic amines) is 2. The highest BCUT2D eigenvalue weighted by Gasteiger charge is 2.36. The smallest absolute Gasteiger partial charge is 0.242 e. The molecule has 6 aromatic rings. The van der Waals surface area contributed by atoms with Crippen LogP contribution in [0, 0.1) is 0 Å². The molecule has 0 unspecified atom stereocenters. The molecular formula is C46H48N4O2. The standard InChI is InChI=1S/C46H48N4O2/c1-3-29-49-31-13-11-27-41(49)43(37-25-15-19-33-17-5-7-21-35(33)37)51-45-39-23-9-10-24-40(39)46(48-47-45)52-44(42-28-12-14-32-50(42)30-4-2)38-26-16-20-34-18-6-8-22-36(34)38/h3-10,15-26,41-44H,1-2,11-14,27-32H2/t41-,42-,43+,44+/m0/s1. The summed E-state index contributed by atoms with van der Waals surface area (Å²) in [6.45, 7) is 11.8. The quantitative estimate of drug-likeness (QED) is 0.119. The summed E-state index contributed by atoms with van der Waals surface area (Å²) in [6.07, 6.45) is 10.2. The zero-order chi connectivity index (χ0) is 35.3. The van der Waals surface area contributed by atoms with Crippen LogP contribution in [0.3, 0.4) is 0 Å². The Hall–Kier alpha value is -5.04. The molecule has 2 aliphatic heterocycles. The lowest BCUT2D eigenvalue weighted by molar-refractivity contribution is 0.0423. The lowest BCUT2D eigenvalue weighted by Gasteiger charge is -2.40. The summed E-state index contributed by atoms with van der Waals surface area (Å²) in [5, 5.41) is 16.3. The monoisotopic (exact) mass is 688 g/mol. The van der Waals surface area contributed by atoms with Crippen molar-refractivity contribution in [3.05, 3.63) is 146 Å². The fraction of sp³-hybridized carbons (Fsp3) is 0.304. The fourth-order valence-electron chi connectivity index (χ4n) is 8.67. The highest BCUT2D eigenvalue weighted by molar-refractivity contribution is 5.91. The summed E-state index contributed by atoms with van der Waals surface area (Å²) in [7, 11) is 0. The Morgan fingerprint density at radius 3 is 1.38 bits per heavy atom. The molecule has 8 rings (SSSR count). The molecule has 5 aromatic carbocycles. The summed E-state index contributed by atoms with van der Waals surface area (Å²) in [6, 6.07) is 38.8. The van der Waals surface area contributed by atoms with Gasteiger partial charge in [0, 0.05) is 24.2 Å². The molecule has 0 spiro atoms. The average molecular weight is 689 g/mol. The van der Waals surface area contributed by atoms with Gasteiger partial charge in [-0.15, -0.1) is 23.4 Å². The van der Waals surface area contributed by atoms with E-state index in [0.29, 0.717) is 11.8 Å². The first-order valence-electron chi connectivity index (χ1n) is 19.0. The molecule has 0 bridgehead atoms. The van der Waals surface area contributed by atoms with E-state index in [0.717, 1.165) is 62.6 Å². The molecule has 2 fully saturated rings. The zero-order valence-electron chi connectivity index (χ0n) is 29.9. The van der Waals surface area contributed by atoms with Gasteiger partial charge in [-0.2, -0.15) is 0 Å². The molecule has 0 N–H and O–H groups in total. The van der Waals surface area contributed by atoms with Crippen molar-refractivity contribution >= 4 is 32.3 Å². The summed E-state index contributed by atoms with van der Waals surface area (Å²) < 4.78 is 14.4. The van der Waals surface area contributed by atoms with Crippen LogP contribution in [0.15, 0.2) is 135 Å². The van der Waals surface area contributed by atoms with Crippen LogP contribution in [-0.2, 0) is 0 Å². The van der Waals surface area contributed by atoms with Gasteiger partial charge in [0.2, 0.25) is 11.8 Å². The van der Waals surface area contributed by atoms with E-state index in [2.05, 4.69) is 120 Å². The average Bonchev–Trinajstić information content (AvgIpc) is 3.20. The van der Waals surface area contributed by atoms with E-state index < -0.39 is 0 Å². The Morgan fingerprint density at radius 2 is 0.942 bits per heavy atom. The van der Waals surface area contributed by atoms with Crippen LogP contribution in [0.1, 0.15) is 61.9 Å². The molecule has 0 aliphatic carbocycles. The topological polar surface area (TPSA) is 50.7 Å². The van der Waals surface area contributed by atoms with Crippen molar-refractivity contribution in [3.8, 4) is 11.8 Å². The molecule has 52 heavy (non-hydrogen) atoms. The zero-order valence-corrected chi connectivity index (χ0v) is 29.9. The molecule has 1 aromatic heterocycles. The van der Waals surface area contributed by atoms with Crippen molar-refractivity contribution in [2.24, 2.45) is 0 Å². The highest BCUT2D eigenvalue weighted by atomic mass is 16.5. The summed E-state index contributed by atoms with van der Waals surface area (Å²) in [5.41, 5.74) is 2.33. The molecule has 0 amide bonds. The lowest BCUT2D eigenvalue weighted by atomic mass is 9.90. The van der Waals surface area contributed by atoms with Gasteiger partial charge in [-0.1, -0.05) is 122 Å². The largest absolute Gasteiger partial charge is 0.466 e. The Morgan fingerprint density at radius 1 is 0.538 bits per heavy atom. The van der Waals surface area contributed by atoms with Crippen molar-refractivity contribution in [2.75, 3.05) is 26.2 Å². The fourth-order valence-corrected chi connectivity index (χ4v) is 8.67. The molecule has 0 radical (unpaired) electrons. The van der Waals surface area contributed by atoms with Crippen LogP contribution >= 0.6 is 0 Å². The molecule has 0 saturated carbocycles. The number of nitrogens with zero attached hydrogens (tertiary/aromatic N) is 4. The third-order valence-corrected chi connectivity index (χ3v) is 11.1. The predicted octanol–water partition coefficient (Wildman–Crippen LogP) is 10.3. The number of ether oxygens (including phenoxy) is 2. The number of fused-ring (bicyclic) bond motifs is 3. The van der Waals surface area contributed by atoms with Crippen LogP contribution in [0.5, 0.6) is 11.8 Å². The van der Waals surface area contributed by atoms with Crippen molar-refractivity contribution < 1.29 is 9.47 Å². The molecule has 2 saturated heterocycles. The second kappa shape index (κ2) is 15.7. The summed E-state index contributed by atoms with van der Waals surface area (Å²) >= 11 is 0. The van der Waals surface area contributed by atoms with Crippen molar-refractivity contribution in [3.63, 3.8) is 0 Å². The first-order chi connectivity index (χ1) is 25.7. The lowest BCUT2D eigenvalue weighted by Crippen LogP contribution is -2.45. The van der Waals surface area contributed by atoms with E-state index >= 15 is 0 Å². The molecule has 4 atom stereocenters. The van der Waals surface area contributed by atoms with E-state index in [4.69, 9.17) is 19.7 Å². The third-order valence-electron chi connectivity index (χ3n) is 11.1. The first-order valence-corrected chi connectivity index (χ1v) is 19.0. The van der Waals surface area contributed by atoms with Crippen molar-refractivity contribution in [2.45, 2.75) is 62.8 Å². The highest BCUT2D eigenvalue weighted by Crippen LogP contribution is 2.41. The van der Waals surface area contributed by atoms with Crippen LogP contribution in [0.25, 0.3) is 32.3 Å². The second-order valence-corrected chi connectivity index (χ2v) is 14.3. The Balaban J connectivity index is 1.22. The molecule has 2 aliphatic rings. The van der Waals surface area contributed by atoms with Gasteiger partial charge in [-0.3, -0.25) is 9.80 Å². The molecule has 6 heteroatoms. The van der Waals surface area contributed by atoms with Gasteiger partial charge in [-0.25, -0.2) is 0 Å². The summed E-state index contributed by atoms with van der Waals surface area (Å²) in [4.78, 5) is 5.04. The minimum atomic E-state index is -0.256. The van der Waals surface area contributed by atoms with Gasteiger partial charge in [0.15, 0.2) is 0 Å². The van der Waals surface area contributed by atoms with Gasteiger partial charge >= 0.3 is 0 Å². The number of piperidine rings is 2. The number of benzene rings is 5. The minimum Gasteiger partial charge on any atom is -0.466 e. The van der Waals surface area contributed by atoms with E-state index in [-0.39, 0.29) is 24.3 Å². The van der Waals surface area contributed by atoms with Gasteiger partial charge in [0.1, 0.15) is 12.2 Å². The van der Waals surface area contributed by atoms with E-state index in [9.17, 15) is 0 Å². The number of hydrogen-bond donors (Lipinski definition) is 0. The first kappa shape index (κ1) is 34.1. The van der Waals surface area contributed by atoms with Gasteiger partial charge in [-0.05, 0) is 72.5 Å². The van der Waals surface area contributed by atoms with Crippen LogP contribution in [0.4, 0.5) is 0 Å². The number of aromatic nitrogens is 2. The van der Waals surface area contributed by atoms with E-state index in [1.165, 1.54) is 45.5 Å². The maximum Gasteiger partial charge on any atom is 0.242 e. The maximum absolute atomic E-state index is 7.18. The van der Waals surface area contributed by atoms with Gasteiger partial charge < -0.3 is 9.47 Å². The van der Waals surface area contributed by atoms with Gasteiger partial charge in [0.25, 0.3) is 0 Å². The Kier molecular flexibility index (Phi) is 10.3. The molecule has 3 heterocycles. The molecule has 264 valence electrons. The van der Waals surface area contributed by atoms with E-state index in [1.807, 2.05) is 24.3 Å². The van der Waals surface area contributed by atoms with E-state index in [1.54, 1.807) is 0 Å². The van der Waals surface area contributed by atoms with Crippen LogP contribution in [0.2, 0.25) is 0 Å². The minimum absolute atomic E-state index is 0.159. The normalized spacial score (nSPS) is 19.7. The van der Waals surface area contributed by atoms with Crippen LogP contribution < -0.4 is 9.47 Å². The maximum atomic E-state index is 7.18.